The molecule has 4 atom stereocenters. The molecular weight excluding hydrogens is 498 g/mol. The van der Waals surface area contributed by atoms with Gasteiger partial charge in [-0.2, -0.15) is 11.8 Å². The monoisotopic (exact) mass is 539 g/mol. The topological polar surface area (TPSA) is 197 Å². The van der Waals surface area contributed by atoms with Gasteiger partial charge in [-0.25, -0.2) is 4.79 Å². The fourth-order valence-electron chi connectivity index (χ4n) is 3.54. The summed E-state index contributed by atoms with van der Waals surface area (Å²) >= 11 is 1.51. The standard InChI is InChI=1S/C25H41N5O6S/c1-15(2)21(24(34)29-20(25(35)36)14-16-7-9-17(31)10-8-16)30-23(33)19(11-13-37-3)28-22(32)18(27)6-4-5-12-26/h7-10,15,18-21,31H,4-6,11-14,26-27H2,1-3H3,(H,28,32)(H,29,34)(H,30,33)(H,35,36). The van der Waals surface area contributed by atoms with Crippen LogP contribution in [0.3, 0.4) is 0 Å². The second-order valence-corrected chi connectivity index (χ2v) is 10.2. The zero-order valence-corrected chi connectivity index (χ0v) is 22.6. The lowest BCUT2D eigenvalue weighted by atomic mass is 10.0. The molecule has 1 aromatic carbocycles. The van der Waals surface area contributed by atoms with Gasteiger partial charge >= 0.3 is 5.97 Å². The predicted molar refractivity (Wildman–Crippen MR) is 144 cm³/mol. The maximum absolute atomic E-state index is 13.1. The van der Waals surface area contributed by atoms with E-state index in [2.05, 4.69) is 16.0 Å². The highest BCUT2D eigenvalue weighted by Gasteiger charge is 2.31. The van der Waals surface area contributed by atoms with Gasteiger partial charge in [-0.1, -0.05) is 32.4 Å². The third-order valence-electron chi connectivity index (χ3n) is 5.79. The van der Waals surface area contributed by atoms with Gasteiger partial charge in [0.2, 0.25) is 17.7 Å². The Hall–Kier alpha value is -2.83. The van der Waals surface area contributed by atoms with E-state index >= 15 is 0 Å². The van der Waals surface area contributed by atoms with Gasteiger partial charge in [-0.3, -0.25) is 14.4 Å². The number of carboxylic acids is 1. The van der Waals surface area contributed by atoms with Crippen molar-refractivity contribution in [1.82, 2.24) is 16.0 Å². The molecule has 0 bridgehead atoms. The van der Waals surface area contributed by atoms with Crippen LogP contribution in [0.1, 0.15) is 45.1 Å². The van der Waals surface area contributed by atoms with Crippen LogP contribution in [0.4, 0.5) is 0 Å². The Kier molecular flexibility index (Phi) is 14.6. The van der Waals surface area contributed by atoms with Crippen molar-refractivity contribution in [3.63, 3.8) is 0 Å². The van der Waals surface area contributed by atoms with Gasteiger partial charge in [0.05, 0.1) is 6.04 Å². The van der Waals surface area contributed by atoms with Crippen molar-refractivity contribution in [2.24, 2.45) is 17.4 Å². The lowest BCUT2D eigenvalue weighted by Gasteiger charge is -2.27. The summed E-state index contributed by atoms with van der Waals surface area (Å²) in [6.07, 6.45) is 4.08. The zero-order valence-electron chi connectivity index (χ0n) is 21.7. The molecule has 0 radical (unpaired) electrons. The molecule has 0 saturated heterocycles. The highest BCUT2D eigenvalue weighted by Crippen LogP contribution is 2.12. The SMILES string of the molecule is CSCCC(NC(=O)C(N)CCCCN)C(=O)NC(C(=O)NC(Cc1ccc(O)cc1)C(=O)O)C(C)C. The number of carboxylic acid groups (broad SMARTS) is 1. The quantitative estimate of drug-likeness (QED) is 0.136. The van der Waals surface area contributed by atoms with Crippen molar-refractivity contribution >= 4 is 35.5 Å². The molecular formula is C25H41N5O6S. The van der Waals surface area contributed by atoms with Crippen molar-refractivity contribution in [3.8, 4) is 5.75 Å². The van der Waals surface area contributed by atoms with Gasteiger partial charge in [0.25, 0.3) is 0 Å². The minimum atomic E-state index is -1.24. The number of unbranched alkanes of at least 4 members (excludes halogenated alkanes) is 1. The third kappa shape index (κ3) is 11.8. The molecule has 0 saturated carbocycles. The van der Waals surface area contributed by atoms with Crippen molar-refractivity contribution in [2.75, 3.05) is 18.6 Å². The van der Waals surface area contributed by atoms with Crippen molar-refractivity contribution in [1.29, 1.82) is 0 Å². The summed E-state index contributed by atoms with van der Waals surface area (Å²) in [5.41, 5.74) is 12.1. The number of aliphatic carboxylic acids is 1. The number of aromatic hydroxyl groups is 1. The molecule has 9 N–H and O–H groups in total. The first-order valence-corrected chi connectivity index (χ1v) is 13.8. The van der Waals surface area contributed by atoms with E-state index in [4.69, 9.17) is 11.5 Å². The van der Waals surface area contributed by atoms with Crippen molar-refractivity contribution < 1.29 is 29.4 Å². The van der Waals surface area contributed by atoms with Gasteiger partial charge < -0.3 is 37.6 Å². The Bertz CT molecular complexity index is 883. The van der Waals surface area contributed by atoms with Gasteiger partial charge in [-0.15, -0.1) is 0 Å². The molecule has 1 rings (SSSR count). The van der Waals surface area contributed by atoms with E-state index in [-0.39, 0.29) is 18.1 Å². The molecule has 0 fully saturated rings. The summed E-state index contributed by atoms with van der Waals surface area (Å²) in [6, 6.07) is 2.05. The van der Waals surface area contributed by atoms with Crippen LogP contribution in [0.5, 0.6) is 5.75 Å². The minimum Gasteiger partial charge on any atom is -0.508 e. The van der Waals surface area contributed by atoms with Crippen LogP contribution in [0.2, 0.25) is 0 Å². The molecule has 4 unspecified atom stereocenters. The first-order valence-electron chi connectivity index (χ1n) is 12.4. The Labute approximate surface area is 222 Å². The van der Waals surface area contributed by atoms with E-state index in [1.54, 1.807) is 26.0 Å². The summed E-state index contributed by atoms with van der Waals surface area (Å²) in [5, 5.41) is 26.9. The number of rotatable bonds is 17. The van der Waals surface area contributed by atoms with Crippen LogP contribution in [0.15, 0.2) is 24.3 Å². The zero-order chi connectivity index (χ0) is 28.0. The average molecular weight is 540 g/mol. The Morgan fingerprint density at radius 2 is 1.54 bits per heavy atom. The number of hydrogen-bond acceptors (Lipinski definition) is 8. The molecule has 0 heterocycles. The third-order valence-corrected chi connectivity index (χ3v) is 6.43. The lowest BCUT2D eigenvalue weighted by molar-refractivity contribution is -0.142. The summed E-state index contributed by atoms with van der Waals surface area (Å²) in [7, 11) is 0. The van der Waals surface area contributed by atoms with E-state index in [1.807, 2.05) is 6.26 Å². The number of hydrogen-bond donors (Lipinski definition) is 7. The van der Waals surface area contributed by atoms with Crippen LogP contribution in [0, 0.1) is 5.92 Å². The molecule has 0 aliphatic rings. The molecule has 0 aliphatic carbocycles. The average Bonchev–Trinajstić information content (AvgIpc) is 2.85. The highest BCUT2D eigenvalue weighted by molar-refractivity contribution is 7.98. The van der Waals surface area contributed by atoms with Crippen LogP contribution in [0.25, 0.3) is 0 Å². The van der Waals surface area contributed by atoms with E-state index < -0.39 is 47.9 Å². The first-order chi connectivity index (χ1) is 17.5. The van der Waals surface area contributed by atoms with Crippen LogP contribution in [-0.2, 0) is 25.6 Å². The number of carbonyl (C=O) groups is 4. The summed E-state index contributed by atoms with van der Waals surface area (Å²) in [4.78, 5) is 50.5. The van der Waals surface area contributed by atoms with Gasteiger partial charge in [0, 0.05) is 6.42 Å². The number of nitrogens with one attached hydrogen (secondary N) is 3. The largest absolute Gasteiger partial charge is 0.508 e. The van der Waals surface area contributed by atoms with Crippen molar-refractivity contribution in [3.05, 3.63) is 29.8 Å². The van der Waals surface area contributed by atoms with Gasteiger partial charge in [0.15, 0.2) is 0 Å². The fraction of sp³-hybridized carbons (Fsp3) is 0.600. The molecule has 12 heteroatoms. The maximum Gasteiger partial charge on any atom is 0.326 e. The van der Waals surface area contributed by atoms with Crippen LogP contribution < -0.4 is 27.4 Å². The normalized spacial score (nSPS) is 14.3. The fourth-order valence-corrected chi connectivity index (χ4v) is 4.01. The molecule has 3 amide bonds. The first kappa shape index (κ1) is 32.2. The summed E-state index contributed by atoms with van der Waals surface area (Å²) in [6.45, 7) is 3.95. The second kappa shape index (κ2) is 16.8. The number of carbonyl (C=O) groups excluding carboxylic acids is 3. The maximum atomic E-state index is 13.1. The molecule has 0 aromatic heterocycles. The predicted octanol–water partition coefficient (Wildman–Crippen LogP) is 0.339. The molecule has 11 nitrogen and oxygen atoms in total. The number of amides is 3. The van der Waals surface area contributed by atoms with Crippen LogP contribution >= 0.6 is 11.8 Å². The Balaban J connectivity index is 2.91. The Morgan fingerprint density at radius 3 is 2.08 bits per heavy atom. The van der Waals surface area contributed by atoms with E-state index in [0.717, 1.165) is 6.42 Å². The second-order valence-electron chi connectivity index (χ2n) is 9.23. The number of phenolic OH excluding ortho intramolecular Hbond substituents is 1. The number of benzene rings is 1. The molecule has 208 valence electrons. The van der Waals surface area contributed by atoms with Crippen molar-refractivity contribution in [2.45, 2.75) is 70.1 Å². The summed E-state index contributed by atoms with van der Waals surface area (Å²) in [5.74, 6) is -2.61. The molecule has 0 aliphatic heterocycles. The molecule has 1 aromatic rings. The van der Waals surface area contributed by atoms with E-state index in [1.165, 1.54) is 23.9 Å². The molecule has 37 heavy (non-hydrogen) atoms. The van der Waals surface area contributed by atoms with E-state index in [0.29, 0.717) is 37.1 Å². The Morgan fingerprint density at radius 1 is 0.919 bits per heavy atom. The number of phenols is 1. The summed E-state index contributed by atoms with van der Waals surface area (Å²) < 4.78 is 0. The van der Waals surface area contributed by atoms with Gasteiger partial charge in [-0.05, 0) is 61.4 Å². The smallest absolute Gasteiger partial charge is 0.326 e. The lowest BCUT2D eigenvalue weighted by Crippen LogP contribution is -2.58. The van der Waals surface area contributed by atoms with Gasteiger partial charge in [0.1, 0.15) is 23.9 Å². The minimum absolute atomic E-state index is 0.00539. The number of nitrogens with two attached hydrogens (primary N) is 2. The van der Waals surface area contributed by atoms with Crippen LogP contribution in [-0.4, -0.2) is 76.6 Å². The molecule has 0 spiro atoms. The number of thioether (sulfide) groups is 1. The highest BCUT2D eigenvalue weighted by atomic mass is 32.2. The van der Waals surface area contributed by atoms with E-state index in [9.17, 15) is 29.4 Å².